The Morgan fingerprint density at radius 3 is 2.82 bits per heavy atom. The Bertz CT molecular complexity index is 804. The average molecular weight is 519 g/mol. The van der Waals surface area contributed by atoms with Gasteiger partial charge in [-0.2, -0.15) is 0 Å². The van der Waals surface area contributed by atoms with Crippen molar-refractivity contribution in [1.29, 1.82) is 0 Å². The van der Waals surface area contributed by atoms with Crippen molar-refractivity contribution in [1.82, 2.24) is 20.6 Å². The molecule has 0 spiro atoms. The Balaban J connectivity index is 0.00000280. The summed E-state index contributed by atoms with van der Waals surface area (Å²) in [5.74, 6) is 3.09. The Morgan fingerprint density at radius 1 is 1.39 bits per heavy atom. The molecule has 1 fully saturated rings. The van der Waals surface area contributed by atoms with Crippen molar-refractivity contribution < 1.29 is 4.42 Å². The van der Waals surface area contributed by atoms with Gasteiger partial charge in [-0.3, -0.25) is 4.99 Å². The van der Waals surface area contributed by atoms with Gasteiger partial charge in [-0.15, -0.1) is 24.0 Å². The molecule has 1 unspecified atom stereocenters. The lowest BCUT2D eigenvalue weighted by molar-refractivity contribution is 0.379. The molecule has 28 heavy (non-hydrogen) atoms. The van der Waals surface area contributed by atoms with Gasteiger partial charge in [0.15, 0.2) is 5.96 Å². The fourth-order valence-corrected chi connectivity index (χ4v) is 3.21. The summed E-state index contributed by atoms with van der Waals surface area (Å²) < 4.78 is 5.81. The van der Waals surface area contributed by atoms with Crippen molar-refractivity contribution in [3.05, 3.63) is 41.2 Å². The molecule has 1 aliphatic rings. The van der Waals surface area contributed by atoms with Crippen molar-refractivity contribution in [2.45, 2.75) is 45.2 Å². The third-order valence-electron chi connectivity index (χ3n) is 4.49. The summed E-state index contributed by atoms with van der Waals surface area (Å²) in [5, 5.41) is 7.39. The second-order valence-corrected chi connectivity index (χ2v) is 8.09. The fourth-order valence-electron chi connectivity index (χ4n) is 2.97. The van der Waals surface area contributed by atoms with E-state index in [-0.39, 0.29) is 35.4 Å². The summed E-state index contributed by atoms with van der Waals surface area (Å²) >= 11 is 6.26. The zero-order valence-corrected chi connectivity index (χ0v) is 19.8. The minimum absolute atomic E-state index is 0. The van der Waals surface area contributed by atoms with E-state index in [0.717, 1.165) is 37.0 Å². The van der Waals surface area contributed by atoms with Crippen LogP contribution in [0.15, 0.2) is 33.9 Å². The Kier molecular flexibility index (Phi) is 7.94. The molecule has 0 radical (unpaired) electrons. The van der Waals surface area contributed by atoms with E-state index in [0.29, 0.717) is 17.5 Å². The molecule has 0 bridgehead atoms. The maximum absolute atomic E-state index is 6.26. The van der Waals surface area contributed by atoms with Crippen LogP contribution in [0.25, 0.3) is 0 Å². The number of anilines is 1. The van der Waals surface area contributed by atoms with Gasteiger partial charge in [-0.1, -0.05) is 32.4 Å². The number of rotatable bonds is 4. The number of aliphatic imine (C=N–C) groups is 1. The van der Waals surface area contributed by atoms with E-state index < -0.39 is 0 Å². The lowest BCUT2D eigenvalue weighted by atomic mass is 9.94. The van der Waals surface area contributed by atoms with E-state index in [2.05, 4.69) is 51.3 Å². The van der Waals surface area contributed by atoms with Crippen LogP contribution in [0.4, 0.5) is 5.82 Å². The van der Waals surface area contributed by atoms with Gasteiger partial charge in [0.25, 0.3) is 0 Å². The van der Waals surface area contributed by atoms with Gasteiger partial charge in [0, 0.05) is 37.8 Å². The summed E-state index contributed by atoms with van der Waals surface area (Å²) in [6.07, 6.45) is 4.55. The summed E-state index contributed by atoms with van der Waals surface area (Å²) in [6.45, 7) is 8.52. The van der Waals surface area contributed by atoms with Crippen molar-refractivity contribution in [3.8, 4) is 0 Å². The molecule has 2 aromatic rings. The van der Waals surface area contributed by atoms with Crippen LogP contribution in [0.2, 0.25) is 5.02 Å². The maximum Gasteiger partial charge on any atom is 0.213 e. The SMILES string of the molecule is CN=C(NCc1ncc(C(C)(C)C)o1)NC1CCN(c2ncccc2Cl)C1.I. The Hall–Kier alpha value is -1.55. The zero-order chi connectivity index (χ0) is 19.4. The van der Waals surface area contributed by atoms with E-state index in [1.165, 1.54) is 0 Å². The number of hydrogen-bond donors (Lipinski definition) is 2. The Labute approximate surface area is 188 Å². The van der Waals surface area contributed by atoms with Crippen LogP contribution in [0.5, 0.6) is 0 Å². The topological polar surface area (TPSA) is 78.6 Å². The number of halogens is 2. The first kappa shape index (κ1) is 22.7. The third-order valence-corrected chi connectivity index (χ3v) is 4.79. The van der Waals surface area contributed by atoms with Gasteiger partial charge >= 0.3 is 0 Å². The van der Waals surface area contributed by atoms with Gasteiger partial charge in [-0.05, 0) is 18.6 Å². The molecule has 9 heteroatoms. The highest BCUT2D eigenvalue weighted by molar-refractivity contribution is 14.0. The van der Waals surface area contributed by atoms with Crippen LogP contribution in [0.3, 0.4) is 0 Å². The molecule has 2 aromatic heterocycles. The number of nitrogens with one attached hydrogen (secondary N) is 2. The molecule has 1 saturated heterocycles. The smallest absolute Gasteiger partial charge is 0.213 e. The van der Waals surface area contributed by atoms with Crippen molar-refractivity contribution in [2.75, 3.05) is 25.0 Å². The molecule has 0 saturated carbocycles. The maximum atomic E-state index is 6.26. The van der Waals surface area contributed by atoms with Crippen LogP contribution >= 0.6 is 35.6 Å². The van der Waals surface area contributed by atoms with E-state index in [1.807, 2.05) is 12.1 Å². The largest absolute Gasteiger partial charge is 0.443 e. The first-order chi connectivity index (χ1) is 12.9. The quantitative estimate of drug-likeness (QED) is 0.366. The number of oxazole rings is 1. The van der Waals surface area contributed by atoms with E-state index >= 15 is 0 Å². The molecule has 7 nitrogen and oxygen atoms in total. The third kappa shape index (κ3) is 5.73. The minimum atomic E-state index is -0.0504. The summed E-state index contributed by atoms with van der Waals surface area (Å²) in [6, 6.07) is 3.98. The highest BCUT2D eigenvalue weighted by Crippen LogP contribution is 2.26. The molecule has 0 aliphatic carbocycles. The molecule has 3 heterocycles. The molecular weight excluding hydrogens is 491 g/mol. The molecule has 0 amide bonds. The molecule has 1 aliphatic heterocycles. The van der Waals surface area contributed by atoms with Crippen LogP contribution in [-0.4, -0.2) is 42.1 Å². The fraction of sp³-hybridized carbons (Fsp3) is 0.526. The average Bonchev–Trinajstić information content (AvgIpc) is 3.28. The van der Waals surface area contributed by atoms with Crippen LogP contribution in [-0.2, 0) is 12.0 Å². The first-order valence-electron chi connectivity index (χ1n) is 9.14. The minimum Gasteiger partial charge on any atom is -0.443 e. The monoisotopic (exact) mass is 518 g/mol. The Morgan fingerprint density at radius 2 is 2.18 bits per heavy atom. The molecular formula is C19H28ClIN6O. The van der Waals surface area contributed by atoms with Crippen molar-refractivity contribution in [2.24, 2.45) is 4.99 Å². The van der Waals surface area contributed by atoms with E-state index in [1.54, 1.807) is 19.4 Å². The highest BCUT2D eigenvalue weighted by Gasteiger charge is 2.25. The predicted octanol–water partition coefficient (Wildman–Crippen LogP) is 3.58. The van der Waals surface area contributed by atoms with E-state index in [4.69, 9.17) is 16.0 Å². The van der Waals surface area contributed by atoms with Gasteiger partial charge in [0.2, 0.25) is 5.89 Å². The molecule has 154 valence electrons. The summed E-state index contributed by atoms with van der Waals surface area (Å²) in [7, 11) is 1.76. The second kappa shape index (κ2) is 9.78. The van der Waals surface area contributed by atoms with Crippen LogP contribution in [0.1, 0.15) is 38.8 Å². The van der Waals surface area contributed by atoms with Gasteiger partial charge in [0.05, 0.1) is 17.8 Å². The lowest BCUT2D eigenvalue weighted by Gasteiger charge is -2.20. The second-order valence-electron chi connectivity index (χ2n) is 7.68. The molecule has 2 N–H and O–H groups in total. The number of aromatic nitrogens is 2. The van der Waals surface area contributed by atoms with Gasteiger partial charge in [-0.25, -0.2) is 9.97 Å². The number of guanidine groups is 1. The van der Waals surface area contributed by atoms with Gasteiger partial charge < -0.3 is 20.0 Å². The van der Waals surface area contributed by atoms with Crippen molar-refractivity contribution >= 4 is 47.4 Å². The molecule has 3 rings (SSSR count). The van der Waals surface area contributed by atoms with Crippen LogP contribution in [0, 0.1) is 0 Å². The zero-order valence-electron chi connectivity index (χ0n) is 16.7. The van der Waals surface area contributed by atoms with Crippen LogP contribution < -0.4 is 15.5 Å². The van der Waals surface area contributed by atoms with Gasteiger partial charge in [0.1, 0.15) is 11.6 Å². The standard InChI is InChI=1S/C19H27ClN6O.HI/c1-19(2,3)15-10-23-16(27-15)11-24-18(21-4)25-13-7-9-26(12-13)17-14(20)6-5-8-22-17;/h5-6,8,10,13H,7,9,11-12H2,1-4H3,(H2,21,24,25);1H. The summed E-state index contributed by atoms with van der Waals surface area (Å²) in [4.78, 5) is 15.2. The highest BCUT2D eigenvalue weighted by atomic mass is 127. The normalized spacial score (nSPS) is 17.4. The summed E-state index contributed by atoms with van der Waals surface area (Å²) in [5.41, 5.74) is -0.0504. The predicted molar refractivity (Wildman–Crippen MR) is 124 cm³/mol. The number of hydrogen-bond acceptors (Lipinski definition) is 5. The number of nitrogens with zero attached hydrogens (tertiary/aromatic N) is 4. The molecule has 0 aromatic carbocycles. The number of pyridine rings is 1. The lowest BCUT2D eigenvalue weighted by Crippen LogP contribution is -2.44. The van der Waals surface area contributed by atoms with Crippen molar-refractivity contribution in [3.63, 3.8) is 0 Å². The first-order valence-corrected chi connectivity index (χ1v) is 9.52. The molecule has 1 atom stereocenters. The van der Waals surface area contributed by atoms with E-state index in [9.17, 15) is 0 Å².